The van der Waals surface area contributed by atoms with Crippen LogP contribution in [-0.4, -0.2) is 24.0 Å². The lowest BCUT2D eigenvalue weighted by atomic mass is 10.2. The zero-order chi connectivity index (χ0) is 7.56. The van der Waals surface area contributed by atoms with E-state index in [1.807, 2.05) is 0 Å². The van der Waals surface area contributed by atoms with Crippen molar-refractivity contribution < 1.29 is 9.18 Å². The summed E-state index contributed by atoms with van der Waals surface area (Å²) in [5.41, 5.74) is 4.92. The summed E-state index contributed by atoms with van der Waals surface area (Å²) >= 11 is 0. The van der Waals surface area contributed by atoms with Gasteiger partial charge >= 0.3 is 6.03 Å². The molecule has 0 atom stereocenters. The average molecular weight is 144 g/mol. The van der Waals surface area contributed by atoms with Crippen molar-refractivity contribution in [2.45, 2.75) is 6.42 Å². The number of rotatable bonds is 0. The van der Waals surface area contributed by atoms with Crippen molar-refractivity contribution in [3.05, 3.63) is 11.9 Å². The summed E-state index contributed by atoms with van der Waals surface area (Å²) in [4.78, 5) is 11.7. The molecule has 0 saturated heterocycles. The van der Waals surface area contributed by atoms with Crippen LogP contribution in [0.4, 0.5) is 9.18 Å². The molecule has 1 aliphatic heterocycles. The maximum Gasteiger partial charge on any atom is 0.315 e. The number of primary amides is 1. The van der Waals surface area contributed by atoms with Gasteiger partial charge in [-0.2, -0.15) is 0 Å². The number of carbonyl (C=O) groups is 1. The maximum atomic E-state index is 12.4. The highest BCUT2D eigenvalue weighted by molar-refractivity contribution is 5.72. The molecule has 2 N–H and O–H groups in total. The Kier molecular flexibility index (Phi) is 1.89. The van der Waals surface area contributed by atoms with Crippen molar-refractivity contribution in [1.29, 1.82) is 0 Å². The number of hydrogen-bond acceptors (Lipinski definition) is 1. The van der Waals surface area contributed by atoms with Crippen LogP contribution < -0.4 is 5.73 Å². The minimum absolute atomic E-state index is 0.0370. The molecule has 10 heavy (non-hydrogen) atoms. The fourth-order valence-electron chi connectivity index (χ4n) is 0.891. The van der Waals surface area contributed by atoms with Crippen molar-refractivity contribution in [3.63, 3.8) is 0 Å². The summed E-state index contributed by atoms with van der Waals surface area (Å²) in [6, 6.07) is -0.553. The minimum Gasteiger partial charge on any atom is -0.351 e. The molecule has 0 bridgehead atoms. The van der Waals surface area contributed by atoms with Gasteiger partial charge in [-0.15, -0.1) is 0 Å². The zero-order valence-electron chi connectivity index (χ0n) is 5.51. The van der Waals surface area contributed by atoms with E-state index in [-0.39, 0.29) is 12.4 Å². The highest BCUT2D eigenvalue weighted by Crippen LogP contribution is 2.09. The second-order valence-corrected chi connectivity index (χ2v) is 2.20. The van der Waals surface area contributed by atoms with Crippen molar-refractivity contribution in [3.8, 4) is 0 Å². The van der Waals surface area contributed by atoms with Crippen molar-refractivity contribution in [2.75, 3.05) is 13.1 Å². The van der Waals surface area contributed by atoms with Crippen LogP contribution in [0, 0.1) is 0 Å². The SMILES string of the molecule is NC(=O)N1CCC=C(F)C1. The Hall–Kier alpha value is -1.06. The molecule has 0 radical (unpaired) electrons. The van der Waals surface area contributed by atoms with E-state index in [4.69, 9.17) is 5.73 Å². The van der Waals surface area contributed by atoms with Gasteiger partial charge in [0.15, 0.2) is 0 Å². The van der Waals surface area contributed by atoms with Gasteiger partial charge in [-0.3, -0.25) is 0 Å². The summed E-state index contributed by atoms with van der Waals surface area (Å²) in [6.07, 6.45) is 2.04. The van der Waals surface area contributed by atoms with Gasteiger partial charge in [0.2, 0.25) is 0 Å². The Balaban J connectivity index is 2.53. The van der Waals surface area contributed by atoms with Gasteiger partial charge in [0.25, 0.3) is 0 Å². The van der Waals surface area contributed by atoms with Crippen LogP contribution in [0.25, 0.3) is 0 Å². The largest absolute Gasteiger partial charge is 0.351 e. The van der Waals surface area contributed by atoms with Crippen LogP contribution in [0.1, 0.15) is 6.42 Å². The highest BCUT2D eigenvalue weighted by Gasteiger charge is 2.14. The molecule has 0 spiro atoms. The number of urea groups is 1. The standard InChI is InChI=1S/C6H9FN2O/c7-5-2-1-3-9(4-5)6(8)10/h2H,1,3-4H2,(H2,8,10). The molecule has 1 aliphatic rings. The fraction of sp³-hybridized carbons (Fsp3) is 0.500. The molecule has 4 heteroatoms. The van der Waals surface area contributed by atoms with Crippen LogP contribution >= 0.6 is 0 Å². The molecule has 56 valence electrons. The van der Waals surface area contributed by atoms with Gasteiger partial charge in [-0.25, -0.2) is 9.18 Å². The van der Waals surface area contributed by atoms with E-state index in [1.54, 1.807) is 0 Å². The van der Waals surface area contributed by atoms with Gasteiger partial charge in [0.1, 0.15) is 5.83 Å². The van der Waals surface area contributed by atoms with Crippen molar-refractivity contribution in [1.82, 2.24) is 4.90 Å². The van der Waals surface area contributed by atoms with Crippen LogP contribution in [0.3, 0.4) is 0 Å². The molecule has 1 heterocycles. The summed E-state index contributed by atoms with van der Waals surface area (Å²) in [5.74, 6) is -0.273. The molecule has 0 saturated carbocycles. The summed E-state index contributed by atoms with van der Waals surface area (Å²) in [6.45, 7) is 0.568. The maximum absolute atomic E-state index is 12.4. The zero-order valence-corrected chi connectivity index (χ0v) is 5.51. The molecule has 0 aliphatic carbocycles. The predicted octanol–water partition coefficient (Wildman–Crippen LogP) is 0.624. The molecule has 0 aromatic rings. The number of nitrogens with zero attached hydrogens (tertiary/aromatic N) is 1. The second-order valence-electron chi connectivity index (χ2n) is 2.20. The Morgan fingerprint density at radius 3 is 2.90 bits per heavy atom. The third-order valence-electron chi connectivity index (χ3n) is 1.42. The van der Waals surface area contributed by atoms with E-state index in [2.05, 4.69) is 0 Å². The van der Waals surface area contributed by atoms with Crippen LogP contribution in [0.2, 0.25) is 0 Å². The van der Waals surface area contributed by atoms with E-state index < -0.39 is 6.03 Å². The first-order chi connectivity index (χ1) is 4.70. The number of amides is 2. The van der Waals surface area contributed by atoms with E-state index in [0.29, 0.717) is 13.0 Å². The van der Waals surface area contributed by atoms with Crippen LogP contribution in [-0.2, 0) is 0 Å². The molecule has 0 aromatic carbocycles. The van der Waals surface area contributed by atoms with E-state index >= 15 is 0 Å². The van der Waals surface area contributed by atoms with Crippen molar-refractivity contribution >= 4 is 6.03 Å². The first-order valence-corrected chi connectivity index (χ1v) is 3.09. The predicted molar refractivity (Wildman–Crippen MR) is 35.0 cm³/mol. The molecular weight excluding hydrogens is 135 g/mol. The lowest BCUT2D eigenvalue weighted by Crippen LogP contribution is -2.38. The van der Waals surface area contributed by atoms with Gasteiger partial charge in [-0.1, -0.05) is 0 Å². The number of nitrogens with two attached hydrogens (primary N) is 1. The van der Waals surface area contributed by atoms with Gasteiger partial charge in [0.05, 0.1) is 6.54 Å². The molecule has 2 amide bonds. The molecule has 0 unspecified atom stereocenters. The van der Waals surface area contributed by atoms with E-state index in [9.17, 15) is 9.18 Å². The number of carbonyl (C=O) groups excluding carboxylic acids is 1. The Morgan fingerprint density at radius 1 is 1.80 bits per heavy atom. The third kappa shape index (κ3) is 1.46. The summed E-state index contributed by atoms with van der Waals surface area (Å²) in [7, 11) is 0. The fourth-order valence-corrected chi connectivity index (χ4v) is 0.891. The summed E-state index contributed by atoms with van der Waals surface area (Å²) in [5, 5.41) is 0. The average Bonchev–Trinajstić information content (AvgIpc) is 1.88. The topological polar surface area (TPSA) is 46.3 Å². The third-order valence-corrected chi connectivity index (χ3v) is 1.42. The summed E-state index contributed by atoms with van der Waals surface area (Å²) < 4.78 is 12.4. The first kappa shape index (κ1) is 7.05. The number of halogens is 1. The van der Waals surface area contributed by atoms with Gasteiger partial charge in [0, 0.05) is 6.54 Å². The Bertz CT molecular complexity index is 179. The lowest BCUT2D eigenvalue weighted by Gasteiger charge is -2.21. The Morgan fingerprint density at radius 2 is 2.50 bits per heavy atom. The van der Waals surface area contributed by atoms with E-state index in [1.165, 1.54) is 11.0 Å². The van der Waals surface area contributed by atoms with Crippen LogP contribution in [0.15, 0.2) is 11.9 Å². The van der Waals surface area contributed by atoms with E-state index in [0.717, 1.165) is 0 Å². The monoisotopic (exact) mass is 144 g/mol. The lowest BCUT2D eigenvalue weighted by molar-refractivity contribution is 0.206. The smallest absolute Gasteiger partial charge is 0.315 e. The molecule has 0 aromatic heterocycles. The molecule has 1 rings (SSSR count). The highest BCUT2D eigenvalue weighted by atomic mass is 19.1. The minimum atomic E-state index is -0.553. The van der Waals surface area contributed by atoms with Gasteiger partial charge < -0.3 is 10.6 Å². The normalized spacial score (nSPS) is 18.5. The molecule has 3 nitrogen and oxygen atoms in total. The first-order valence-electron chi connectivity index (χ1n) is 3.09. The second kappa shape index (κ2) is 2.68. The van der Waals surface area contributed by atoms with Crippen LogP contribution in [0.5, 0.6) is 0 Å². The van der Waals surface area contributed by atoms with Gasteiger partial charge in [-0.05, 0) is 12.5 Å². The molecule has 0 fully saturated rings. The Labute approximate surface area is 58.3 Å². The molecular formula is C6H9FN2O. The quantitative estimate of drug-likeness (QED) is 0.532. The number of hydrogen-bond donors (Lipinski definition) is 1. The van der Waals surface area contributed by atoms with Crippen molar-refractivity contribution in [2.24, 2.45) is 5.73 Å².